The van der Waals surface area contributed by atoms with Crippen LogP contribution in [0.25, 0.3) is 6.08 Å². The SMILES string of the molecule is C=Cc1ccccc1[CH2][Na]. The summed E-state index contributed by atoms with van der Waals surface area (Å²) >= 11 is 1.23. The Hall–Kier alpha value is -0.0400. The van der Waals surface area contributed by atoms with Crippen molar-refractivity contribution in [3.8, 4) is 0 Å². The van der Waals surface area contributed by atoms with Gasteiger partial charge in [0.2, 0.25) is 0 Å². The van der Waals surface area contributed by atoms with E-state index in [4.69, 9.17) is 0 Å². The van der Waals surface area contributed by atoms with Crippen LogP contribution in [0.1, 0.15) is 11.1 Å². The van der Waals surface area contributed by atoms with Gasteiger partial charge in [-0.25, -0.2) is 0 Å². The summed E-state index contributed by atoms with van der Waals surface area (Å²) in [4.78, 5) is 0. The topological polar surface area (TPSA) is 0 Å². The van der Waals surface area contributed by atoms with Gasteiger partial charge in [0.05, 0.1) is 0 Å². The summed E-state index contributed by atoms with van der Waals surface area (Å²) in [6.45, 7) is 3.75. The Bertz CT molecular complexity index is 228. The molecule has 10 heavy (non-hydrogen) atoms. The molecule has 0 aromatic heterocycles. The van der Waals surface area contributed by atoms with Crippen LogP contribution in [0.3, 0.4) is 0 Å². The van der Waals surface area contributed by atoms with Gasteiger partial charge < -0.3 is 0 Å². The molecule has 1 aromatic rings. The van der Waals surface area contributed by atoms with E-state index in [1.54, 1.807) is 0 Å². The molecule has 0 unspecified atom stereocenters. The van der Waals surface area contributed by atoms with E-state index < -0.39 is 0 Å². The number of hydrogen-bond donors (Lipinski definition) is 0. The number of benzene rings is 1. The second-order valence-electron chi connectivity index (χ2n) is 2.26. The Morgan fingerprint density at radius 3 is 2.60 bits per heavy atom. The average Bonchev–Trinajstić information content (AvgIpc) is 2.04. The maximum absolute atomic E-state index is 3.75. The quantitative estimate of drug-likeness (QED) is 0.551. The molecular weight excluding hydrogens is 131 g/mol. The summed E-state index contributed by atoms with van der Waals surface area (Å²) < 4.78 is 1.22. The first-order valence-corrected chi connectivity index (χ1v) is 5.00. The molecule has 0 spiro atoms. The third-order valence-electron chi connectivity index (χ3n) is 1.66. The van der Waals surface area contributed by atoms with Crippen LogP contribution < -0.4 is 0 Å². The van der Waals surface area contributed by atoms with Crippen LogP contribution in [0.5, 0.6) is 0 Å². The molecule has 0 aliphatic rings. The van der Waals surface area contributed by atoms with Crippen molar-refractivity contribution < 1.29 is 0 Å². The van der Waals surface area contributed by atoms with Crippen molar-refractivity contribution in [2.24, 2.45) is 0 Å². The molecule has 0 aliphatic heterocycles. The van der Waals surface area contributed by atoms with Crippen molar-refractivity contribution in [2.75, 3.05) is 0 Å². The molecule has 0 N–H and O–H groups in total. The van der Waals surface area contributed by atoms with Crippen molar-refractivity contribution in [1.29, 1.82) is 0 Å². The normalized spacial score (nSPS) is 9.40. The molecule has 0 amide bonds. The van der Waals surface area contributed by atoms with Gasteiger partial charge in [-0.15, -0.1) is 0 Å². The van der Waals surface area contributed by atoms with Crippen LogP contribution in [0.15, 0.2) is 30.8 Å². The molecule has 0 saturated carbocycles. The van der Waals surface area contributed by atoms with Crippen LogP contribution >= 0.6 is 0 Å². The van der Waals surface area contributed by atoms with Crippen molar-refractivity contribution in [1.82, 2.24) is 0 Å². The molecule has 0 aliphatic carbocycles. The monoisotopic (exact) mass is 140 g/mol. The molecule has 0 heterocycles. The zero-order valence-electron chi connectivity index (χ0n) is 6.30. The summed E-state index contributed by atoms with van der Waals surface area (Å²) in [6, 6.07) is 8.42. The molecule has 0 nitrogen and oxygen atoms in total. The average molecular weight is 140 g/mol. The van der Waals surface area contributed by atoms with Gasteiger partial charge in [-0.2, -0.15) is 0 Å². The minimum atomic E-state index is 1.22. The predicted octanol–water partition coefficient (Wildman–Crippen LogP) is 2.00. The predicted molar refractivity (Wildman–Crippen MR) is 46.0 cm³/mol. The Balaban J connectivity index is 3.08. The molecule has 0 fully saturated rings. The molecule has 1 aromatic carbocycles. The Labute approximate surface area is 79.4 Å². The van der Waals surface area contributed by atoms with E-state index in [9.17, 15) is 0 Å². The van der Waals surface area contributed by atoms with Gasteiger partial charge in [0.15, 0.2) is 0 Å². The Morgan fingerprint density at radius 1 is 1.40 bits per heavy atom. The van der Waals surface area contributed by atoms with Crippen molar-refractivity contribution >= 4 is 34.0 Å². The van der Waals surface area contributed by atoms with E-state index in [0.29, 0.717) is 0 Å². The Morgan fingerprint density at radius 2 is 2.10 bits per heavy atom. The summed E-state index contributed by atoms with van der Waals surface area (Å²) in [5, 5.41) is 0. The van der Waals surface area contributed by atoms with Gasteiger partial charge in [0.1, 0.15) is 0 Å². The van der Waals surface area contributed by atoms with Crippen molar-refractivity contribution in [3.63, 3.8) is 0 Å². The molecule has 0 atom stereocenters. The van der Waals surface area contributed by atoms with Crippen LogP contribution in [0.2, 0.25) is 0 Å². The molecule has 46 valence electrons. The van der Waals surface area contributed by atoms with Gasteiger partial charge >= 0.3 is 79.6 Å². The van der Waals surface area contributed by atoms with E-state index in [-0.39, 0.29) is 0 Å². The van der Waals surface area contributed by atoms with E-state index in [0.717, 1.165) is 0 Å². The zero-order valence-corrected chi connectivity index (χ0v) is 8.30. The fraction of sp³-hybridized carbons (Fsp3) is 0.111. The van der Waals surface area contributed by atoms with Gasteiger partial charge in [0.25, 0.3) is 0 Å². The third kappa shape index (κ3) is 1.72. The molecule has 0 saturated heterocycles. The molecular formula is C9H9Na. The van der Waals surface area contributed by atoms with E-state index in [1.807, 2.05) is 6.08 Å². The maximum atomic E-state index is 3.75. The van der Waals surface area contributed by atoms with Crippen LogP contribution in [0.4, 0.5) is 0 Å². The summed E-state index contributed by atoms with van der Waals surface area (Å²) in [5.41, 5.74) is 2.72. The first-order chi connectivity index (χ1) is 4.88. The van der Waals surface area contributed by atoms with E-state index in [2.05, 4.69) is 30.8 Å². The number of hydrogen-bond acceptors (Lipinski definition) is 0. The summed E-state index contributed by atoms with van der Waals surface area (Å²) in [6.07, 6.45) is 1.92. The minimum absolute atomic E-state index is 1.22. The van der Waals surface area contributed by atoms with E-state index in [1.165, 1.54) is 42.7 Å². The second kappa shape index (κ2) is 3.97. The first-order valence-electron chi connectivity index (χ1n) is 3.58. The summed E-state index contributed by atoms with van der Waals surface area (Å²) in [7, 11) is 0. The van der Waals surface area contributed by atoms with Gasteiger partial charge in [0, 0.05) is 0 Å². The van der Waals surface area contributed by atoms with Crippen LogP contribution in [-0.2, 0) is 3.67 Å². The Kier molecular flexibility index (Phi) is 3.20. The number of rotatable bonds is 2. The van der Waals surface area contributed by atoms with Crippen molar-refractivity contribution in [3.05, 3.63) is 42.0 Å². The van der Waals surface area contributed by atoms with Crippen LogP contribution in [-0.4, -0.2) is 27.9 Å². The molecule has 1 rings (SSSR count). The van der Waals surface area contributed by atoms with Gasteiger partial charge in [-0.1, -0.05) is 0 Å². The zero-order chi connectivity index (χ0) is 7.40. The first kappa shape index (κ1) is 8.06. The fourth-order valence-electron chi connectivity index (χ4n) is 1.06. The molecule has 0 radical (unpaired) electrons. The van der Waals surface area contributed by atoms with E-state index >= 15 is 0 Å². The standard InChI is InChI=1S/C9H9.Na/c1-3-9-7-5-4-6-8(9)2;/h3-7H,1-2H2;. The fourth-order valence-corrected chi connectivity index (χ4v) is 1.70. The third-order valence-corrected chi connectivity index (χ3v) is 2.42. The molecule has 0 bridgehead atoms. The molecule has 1 heteroatoms. The summed E-state index contributed by atoms with van der Waals surface area (Å²) in [5.74, 6) is 0. The van der Waals surface area contributed by atoms with Crippen molar-refractivity contribution in [2.45, 2.75) is 3.67 Å². The van der Waals surface area contributed by atoms with Gasteiger partial charge in [-0.05, 0) is 0 Å². The van der Waals surface area contributed by atoms with Crippen LogP contribution in [0, 0.1) is 0 Å². The van der Waals surface area contributed by atoms with Gasteiger partial charge in [-0.3, -0.25) is 0 Å². The second-order valence-corrected chi connectivity index (χ2v) is 2.96.